The Bertz CT molecular complexity index is 476. The van der Waals surface area contributed by atoms with Gasteiger partial charge in [0.25, 0.3) is 5.91 Å². The number of hydrogen-bond acceptors (Lipinski definition) is 4. The van der Waals surface area contributed by atoms with Crippen LogP contribution in [0.15, 0.2) is 24.5 Å². The maximum atomic E-state index is 12.4. The fourth-order valence-electron chi connectivity index (χ4n) is 2.02. The Morgan fingerprint density at radius 1 is 1.56 bits per heavy atom. The maximum absolute atomic E-state index is 12.4. The van der Waals surface area contributed by atoms with Crippen molar-refractivity contribution in [3.8, 4) is 0 Å². The molecule has 2 heterocycles. The molecule has 96 valence electrons. The predicted molar refractivity (Wildman–Crippen MR) is 65.5 cm³/mol. The number of nitrogens with two attached hydrogens (primary N) is 1. The summed E-state index contributed by atoms with van der Waals surface area (Å²) >= 11 is 0. The maximum Gasteiger partial charge on any atom is 0.325 e. The van der Waals surface area contributed by atoms with E-state index in [-0.39, 0.29) is 18.5 Å². The summed E-state index contributed by atoms with van der Waals surface area (Å²) in [5, 5.41) is 2.70. The van der Waals surface area contributed by atoms with Crippen LogP contribution in [0.2, 0.25) is 0 Å². The van der Waals surface area contributed by atoms with Gasteiger partial charge in [-0.2, -0.15) is 0 Å². The summed E-state index contributed by atoms with van der Waals surface area (Å²) in [6.45, 7) is 3.65. The first-order chi connectivity index (χ1) is 8.50. The summed E-state index contributed by atoms with van der Waals surface area (Å²) in [5.41, 5.74) is 5.12. The average Bonchev–Trinajstić information content (AvgIpc) is 2.61. The molecule has 0 bridgehead atoms. The highest BCUT2D eigenvalue weighted by molar-refractivity contribution is 6.07. The number of hydrogen-bond donors (Lipinski definition) is 2. The molecule has 18 heavy (non-hydrogen) atoms. The summed E-state index contributed by atoms with van der Waals surface area (Å²) < 4.78 is 0. The Morgan fingerprint density at radius 2 is 2.28 bits per heavy atom. The normalized spacial score (nSPS) is 25.2. The predicted octanol–water partition coefficient (Wildman–Crippen LogP) is 0.196. The number of carbonyl (C=O) groups is 2. The number of carbonyl (C=O) groups excluding carboxylic acids is 2. The van der Waals surface area contributed by atoms with Crippen LogP contribution in [0.25, 0.3) is 0 Å². The van der Waals surface area contributed by atoms with Crippen LogP contribution in [0.1, 0.15) is 19.4 Å². The van der Waals surface area contributed by atoms with Gasteiger partial charge in [0.05, 0.1) is 6.04 Å². The van der Waals surface area contributed by atoms with Crippen LogP contribution in [0, 0.1) is 0 Å². The molecule has 1 aromatic rings. The van der Waals surface area contributed by atoms with Gasteiger partial charge in [-0.3, -0.25) is 14.7 Å². The van der Waals surface area contributed by atoms with Crippen molar-refractivity contribution in [3.05, 3.63) is 30.1 Å². The number of amides is 3. The molecule has 0 spiro atoms. The van der Waals surface area contributed by atoms with Crippen LogP contribution in [-0.4, -0.2) is 34.4 Å². The zero-order valence-electron chi connectivity index (χ0n) is 10.4. The fraction of sp³-hybridized carbons (Fsp3) is 0.417. The SMILES string of the molecule is CC(CN)N1C(=O)NC(C)(c2cccnc2)C1=O. The van der Waals surface area contributed by atoms with Crippen molar-refractivity contribution in [2.75, 3.05) is 6.54 Å². The van der Waals surface area contributed by atoms with Gasteiger partial charge in [-0.25, -0.2) is 4.79 Å². The third kappa shape index (κ3) is 1.74. The number of rotatable bonds is 3. The van der Waals surface area contributed by atoms with Gasteiger partial charge >= 0.3 is 6.03 Å². The molecule has 0 aliphatic carbocycles. The molecular weight excluding hydrogens is 232 g/mol. The summed E-state index contributed by atoms with van der Waals surface area (Å²) in [5.74, 6) is -0.293. The van der Waals surface area contributed by atoms with E-state index in [1.54, 1.807) is 38.4 Å². The highest BCUT2D eigenvalue weighted by Crippen LogP contribution is 2.29. The Morgan fingerprint density at radius 3 is 2.83 bits per heavy atom. The minimum Gasteiger partial charge on any atom is -0.328 e. The third-order valence-corrected chi connectivity index (χ3v) is 3.24. The molecule has 1 aliphatic rings. The first-order valence-corrected chi connectivity index (χ1v) is 5.77. The lowest BCUT2D eigenvalue weighted by Crippen LogP contribution is -2.45. The zero-order valence-corrected chi connectivity index (χ0v) is 10.4. The number of imide groups is 1. The van der Waals surface area contributed by atoms with Gasteiger partial charge in [-0.05, 0) is 19.9 Å². The van der Waals surface area contributed by atoms with Gasteiger partial charge in [-0.1, -0.05) is 6.07 Å². The second-order valence-corrected chi connectivity index (χ2v) is 4.56. The van der Waals surface area contributed by atoms with E-state index in [2.05, 4.69) is 10.3 Å². The monoisotopic (exact) mass is 248 g/mol. The largest absolute Gasteiger partial charge is 0.328 e. The molecule has 1 aliphatic heterocycles. The number of pyridine rings is 1. The molecule has 6 heteroatoms. The van der Waals surface area contributed by atoms with E-state index in [0.717, 1.165) is 0 Å². The van der Waals surface area contributed by atoms with Gasteiger partial charge in [0, 0.05) is 24.5 Å². The van der Waals surface area contributed by atoms with Gasteiger partial charge in [0.1, 0.15) is 5.54 Å². The van der Waals surface area contributed by atoms with E-state index in [1.165, 1.54) is 4.90 Å². The minimum atomic E-state index is -1.06. The Kier molecular flexibility index (Phi) is 3.04. The molecule has 2 rings (SSSR count). The lowest BCUT2D eigenvalue weighted by Gasteiger charge is -2.23. The smallest absolute Gasteiger partial charge is 0.325 e. The van der Waals surface area contributed by atoms with Gasteiger partial charge in [-0.15, -0.1) is 0 Å². The molecular formula is C12H16N4O2. The molecule has 2 unspecified atom stereocenters. The van der Waals surface area contributed by atoms with E-state index in [9.17, 15) is 9.59 Å². The van der Waals surface area contributed by atoms with Crippen molar-refractivity contribution in [2.24, 2.45) is 5.73 Å². The molecule has 0 radical (unpaired) electrons. The third-order valence-electron chi connectivity index (χ3n) is 3.24. The summed E-state index contributed by atoms with van der Waals surface area (Å²) in [6.07, 6.45) is 3.20. The molecule has 2 atom stereocenters. The summed E-state index contributed by atoms with van der Waals surface area (Å²) in [7, 11) is 0. The molecule has 3 N–H and O–H groups in total. The van der Waals surface area contributed by atoms with Crippen molar-refractivity contribution in [1.82, 2.24) is 15.2 Å². The van der Waals surface area contributed by atoms with E-state index in [4.69, 9.17) is 5.73 Å². The highest BCUT2D eigenvalue weighted by atomic mass is 16.2. The Hall–Kier alpha value is -1.95. The second-order valence-electron chi connectivity index (χ2n) is 4.56. The van der Waals surface area contributed by atoms with Crippen molar-refractivity contribution in [1.29, 1.82) is 0 Å². The van der Waals surface area contributed by atoms with Crippen molar-refractivity contribution in [2.45, 2.75) is 25.4 Å². The number of urea groups is 1. The first-order valence-electron chi connectivity index (χ1n) is 5.77. The molecule has 0 saturated carbocycles. The first kappa shape index (κ1) is 12.5. The van der Waals surface area contributed by atoms with Crippen LogP contribution >= 0.6 is 0 Å². The second kappa shape index (κ2) is 4.38. The molecule has 1 saturated heterocycles. The van der Waals surface area contributed by atoms with E-state index >= 15 is 0 Å². The standard InChI is InChI=1S/C12H16N4O2/c1-8(6-13)16-10(17)12(2,15-11(16)18)9-4-3-5-14-7-9/h3-5,7-8H,6,13H2,1-2H3,(H,15,18). The summed E-state index contributed by atoms with van der Waals surface area (Å²) in [4.78, 5) is 29.4. The minimum absolute atomic E-state index is 0.238. The highest BCUT2D eigenvalue weighted by Gasteiger charge is 2.50. The zero-order chi connectivity index (χ0) is 13.3. The van der Waals surface area contributed by atoms with E-state index in [0.29, 0.717) is 5.56 Å². The van der Waals surface area contributed by atoms with Gasteiger partial charge < -0.3 is 11.1 Å². The van der Waals surface area contributed by atoms with Crippen LogP contribution in [0.5, 0.6) is 0 Å². The topological polar surface area (TPSA) is 88.3 Å². The molecule has 3 amide bonds. The van der Waals surface area contributed by atoms with Crippen LogP contribution in [-0.2, 0) is 10.3 Å². The number of nitrogens with zero attached hydrogens (tertiary/aromatic N) is 2. The lowest BCUT2D eigenvalue weighted by molar-refractivity contribution is -0.132. The molecule has 1 fully saturated rings. The molecule has 6 nitrogen and oxygen atoms in total. The fourth-order valence-corrected chi connectivity index (χ4v) is 2.02. The van der Waals surface area contributed by atoms with Crippen molar-refractivity contribution < 1.29 is 9.59 Å². The van der Waals surface area contributed by atoms with Crippen molar-refractivity contribution >= 4 is 11.9 Å². The Labute approximate surface area is 105 Å². The number of nitrogens with one attached hydrogen (secondary N) is 1. The molecule has 0 aromatic carbocycles. The van der Waals surface area contributed by atoms with Gasteiger partial charge in [0.15, 0.2) is 0 Å². The Balaban J connectivity index is 2.38. The quantitative estimate of drug-likeness (QED) is 0.748. The summed E-state index contributed by atoms with van der Waals surface area (Å²) in [6, 6.07) is 2.76. The van der Waals surface area contributed by atoms with Crippen LogP contribution in [0.4, 0.5) is 4.79 Å². The van der Waals surface area contributed by atoms with Crippen LogP contribution < -0.4 is 11.1 Å². The van der Waals surface area contributed by atoms with Crippen molar-refractivity contribution in [3.63, 3.8) is 0 Å². The van der Waals surface area contributed by atoms with E-state index < -0.39 is 11.6 Å². The van der Waals surface area contributed by atoms with Gasteiger partial charge in [0.2, 0.25) is 0 Å². The van der Waals surface area contributed by atoms with E-state index in [1.807, 2.05) is 0 Å². The van der Waals surface area contributed by atoms with Crippen LogP contribution in [0.3, 0.4) is 0 Å². The molecule has 1 aromatic heterocycles. The number of aromatic nitrogens is 1. The average molecular weight is 248 g/mol. The lowest BCUT2D eigenvalue weighted by atomic mass is 9.93.